The first-order chi connectivity index (χ1) is 10.7. The lowest BCUT2D eigenvalue weighted by Gasteiger charge is -2.10. The molecule has 0 saturated carbocycles. The highest BCUT2D eigenvalue weighted by molar-refractivity contribution is 7.11. The first-order valence-electron chi connectivity index (χ1n) is 7.54. The Bertz CT molecular complexity index is 606. The van der Waals surface area contributed by atoms with E-state index in [0.29, 0.717) is 6.54 Å². The molecule has 22 heavy (non-hydrogen) atoms. The SMILES string of the molecule is CCNC(=NCc1ccccn1)NCCc1sc(C)nc1C. The molecule has 2 aromatic rings. The zero-order valence-electron chi connectivity index (χ0n) is 13.4. The molecule has 0 radical (unpaired) electrons. The molecule has 118 valence electrons. The van der Waals surface area contributed by atoms with Crippen molar-refractivity contribution < 1.29 is 0 Å². The van der Waals surface area contributed by atoms with E-state index in [-0.39, 0.29) is 0 Å². The molecule has 0 unspecified atom stereocenters. The van der Waals surface area contributed by atoms with Crippen LogP contribution < -0.4 is 10.6 Å². The van der Waals surface area contributed by atoms with Gasteiger partial charge >= 0.3 is 0 Å². The van der Waals surface area contributed by atoms with Crippen molar-refractivity contribution in [3.63, 3.8) is 0 Å². The highest BCUT2D eigenvalue weighted by atomic mass is 32.1. The smallest absolute Gasteiger partial charge is 0.191 e. The topological polar surface area (TPSA) is 62.2 Å². The van der Waals surface area contributed by atoms with Crippen molar-refractivity contribution >= 4 is 17.3 Å². The number of guanidine groups is 1. The van der Waals surface area contributed by atoms with Crippen molar-refractivity contribution in [3.05, 3.63) is 45.7 Å². The second-order valence-corrected chi connectivity index (χ2v) is 6.22. The number of nitrogens with one attached hydrogen (secondary N) is 2. The largest absolute Gasteiger partial charge is 0.357 e. The quantitative estimate of drug-likeness (QED) is 0.634. The molecule has 2 heterocycles. The molecule has 0 spiro atoms. The minimum atomic E-state index is 0.578. The number of hydrogen-bond donors (Lipinski definition) is 2. The normalized spacial score (nSPS) is 11.5. The molecule has 0 atom stereocenters. The Morgan fingerprint density at radius 1 is 1.27 bits per heavy atom. The van der Waals surface area contributed by atoms with Crippen LogP contribution in [0, 0.1) is 13.8 Å². The van der Waals surface area contributed by atoms with Gasteiger partial charge in [-0.2, -0.15) is 0 Å². The van der Waals surface area contributed by atoms with Crippen molar-refractivity contribution in [2.75, 3.05) is 13.1 Å². The number of thiazole rings is 1. The third kappa shape index (κ3) is 5.11. The first-order valence-corrected chi connectivity index (χ1v) is 8.35. The number of aliphatic imine (C=N–C) groups is 1. The molecular formula is C16H23N5S. The average molecular weight is 317 g/mol. The van der Waals surface area contributed by atoms with Gasteiger partial charge in [0.15, 0.2) is 5.96 Å². The van der Waals surface area contributed by atoms with E-state index in [9.17, 15) is 0 Å². The minimum Gasteiger partial charge on any atom is -0.357 e. The maximum absolute atomic E-state index is 4.56. The summed E-state index contributed by atoms with van der Waals surface area (Å²) < 4.78 is 0. The highest BCUT2D eigenvalue weighted by Gasteiger charge is 2.05. The van der Waals surface area contributed by atoms with Crippen molar-refractivity contribution in [2.45, 2.75) is 33.7 Å². The number of hydrogen-bond acceptors (Lipinski definition) is 4. The van der Waals surface area contributed by atoms with E-state index in [1.807, 2.05) is 25.1 Å². The van der Waals surface area contributed by atoms with Crippen LogP contribution in [-0.4, -0.2) is 29.0 Å². The molecular weight excluding hydrogens is 294 g/mol. The Hall–Kier alpha value is -1.95. The zero-order chi connectivity index (χ0) is 15.8. The molecule has 2 rings (SSSR count). The van der Waals surface area contributed by atoms with Crippen LogP contribution >= 0.6 is 11.3 Å². The van der Waals surface area contributed by atoms with Crippen LogP contribution in [0.15, 0.2) is 29.4 Å². The van der Waals surface area contributed by atoms with Crippen LogP contribution in [-0.2, 0) is 13.0 Å². The van der Waals surface area contributed by atoms with Gasteiger partial charge < -0.3 is 10.6 Å². The fourth-order valence-corrected chi connectivity index (χ4v) is 3.03. The standard InChI is InChI=1S/C16H23N5S/c1-4-17-16(20-11-14-7-5-6-9-18-14)19-10-8-15-12(2)21-13(3)22-15/h5-7,9H,4,8,10-11H2,1-3H3,(H2,17,19,20). The van der Waals surface area contributed by atoms with E-state index in [1.165, 1.54) is 4.88 Å². The number of aryl methyl sites for hydroxylation is 2. The fourth-order valence-electron chi connectivity index (χ4n) is 2.09. The molecule has 0 aromatic carbocycles. The van der Waals surface area contributed by atoms with Crippen LogP contribution in [0.3, 0.4) is 0 Å². The molecule has 0 amide bonds. The van der Waals surface area contributed by atoms with Gasteiger partial charge in [0, 0.05) is 30.6 Å². The monoisotopic (exact) mass is 317 g/mol. The Balaban J connectivity index is 1.87. The van der Waals surface area contributed by atoms with Gasteiger partial charge in [0.1, 0.15) is 0 Å². The van der Waals surface area contributed by atoms with Gasteiger partial charge in [-0.05, 0) is 32.9 Å². The summed E-state index contributed by atoms with van der Waals surface area (Å²) in [5, 5.41) is 7.75. The fraction of sp³-hybridized carbons (Fsp3) is 0.438. The summed E-state index contributed by atoms with van der Waals surface area (Å²) in [7, 11) is 0. The van der Waals surface area contributed by atoms with Crippen molar-refractivity contribution in [3.8, 4) is 0 Å². The molecule has 0 fully saturated rings. The third-order valence-electron chi connectivity index (χ3n) is 3.11. The summed E-state index contributed by atoms with van der Waals surface area (Å²) in [6.45, 7) is 8.44. The van der Waals surface area contributed by atoms with E-state index < -0.39 is 0 Å². The molecule has 0 aliphatic heterocycles. The predicted molar refractivity (Wildman–Crippen MR) is 92.3 cm³/mol. The average Bonchev–Trinajstić information content (AvgIpc) is 2.84. The van der Waals surface area contributed by atoms with Crippen molar-refractivity contribution in [1.82, 2.24) is 20.6 Å². The van der Waals surface area contributed by atoms with E-state index in [0.717, 1.165) is 41.9 Å². The summed E-state index contributed by atoms with van der Waals surface area (Å²) in [5.41, 5.74) is 2.10. The summed E-state index contributed by atoms with van der Waals surface area (Å²) in [6, 6.07) is 5.87. The minimum absolute atomic E-state index is 0.578. The number of rotatable bonds is 6. The lowest BCUT2D eigenvalue weighted by atomic mass is 10.3. The zero-order valence-corrected chi connectivity index (χ0v) is 14.2. The van der Waals surface area contributed by atoms with Crippen molar-refractivity contribution in [1.29, 1.82) is 0 Å². The van der Waals surface area contributed by atoms with Crippen LogP contribution in [0.5, 0.6) is 0 Å². The third-order valence-corrected chi connectivity index (χ3v) is 4.25. The Morgan fingerprint density at radius 3 is 2.77 bits per heavy atom. The highest BCUT2D eigenvalue weighted by Crippen LogP contribution is 2.16. The Morgan fingerprint density at radius 2 is 2.14 bits per heavy atom. The van der Waals surface area contributed by atoms with E-state index in [2.05, 4.69) is 39.4 Å². The van der Waals surface area contributed by atoms with Crippen LogP contribution in [0.25, 0.3) is 0 Å². The molecule has 0 aliphatic rings. The summed E-state index contributed by atoms with van der Waals surface area (Å²) in [4.78, 5) is 14.6. The van der Waals surface area contributed by atoms with Crippen molar-refractivity contribution in [2.24, 2.45) is 4.99 Å². The summed E-state index contributed by atoms with van der Waals surface area (Å²) in [6.07, 6.45) is 2.76. The number of pyridine rings is 1. The lowest BCUT2D eigenvalue weighted by Crippen LogP contribution is -2.38. The van der Waals surface area contributed by atoms with E-state index in [1.54, 1.807) is 17.5 Å². The van der Waals surface area contributed by atoms with Gasteiger partial charge in [0.25, 0.3) is 0 Å². The molecule has 0 aliphatic carbocycles. The van der Waals surface area contributed by atoms with Gasteiger partial charge in [-0.3, -0.25) is 4.98 Å². The van der Waals surface area contributed by atoms with Crippen LogP contribution in [0.2, 0.25) is 0 Å². The molecule has 0 bridgehead atoms. The molecule has 2 aromatic heterocycles. The number of aromatic nitrogens is 2. The van der Waals surface area contributed by atoms with E-state index >= 15 is 0 Å². The van der Waals surface area contributed by atoms with Gasteiger partial charge in [-0.15, -0.1) is 11.3 Å². The number of nitrogens with zero attached hydrogens (tertiary/aromatic N) is 3. The van der Waals surface area contributed by atoms with Gasteiger partial charge in [-0.25, -0.2) is 9.98 Å². The maximum atomic E-state index is 4.56. The van der Waals surface area contributed by atoms with E-state index in [4.69, 9.17) is 0 Å². The summed E-state index contributed by atoms with van der Waals surface area (Å²) >= 11 is 1.77. The van der Waals surface area contributed by atoms with Crippen LogP contribution in [0.4, 0.5) is 0 Å². The maximum Gasteiger partial charge on any atom is 0.191 e. The first kappa shape index (κ1) is 16.4. The lowest BCUT2D eigenvalue weighted by molar-refractivity contribution is 0.798. The Labute approximate surface area is 135 Å². The molecule has 2 N–H and O–H groups in total. The van der Waals surface area contributed by atoms with Gasteiger partial charge in [-0.1, -0.05) is 6.07 Å². The molecule has 5 nitrogen and oxygen atoms in total. The second kappa shape index (κ2) is 8.48. The Kier molecular flexibility index (Phi) is 6.33. The predicted octanol–water partition coefficient (Wildman–Crippen LogP) is 2.45. The van der Waals surface area contributed by atoms with Crippen LogP contribution in [0.1, 0.15) is 28.2 Å². The second-order valence-electron chi connectivity index (χ2n) is 4.93. The molecule has 0 saturated heterocycles. The molecule has 6 heteroatoms. The van der Waals surface area contributed by atoms with Gasteiger partial charge in [0.05, 0.1) is 22.9 Å². The van der Waals surface area contributed by atoms with Gasteiger partial charge in [0.2, 0.25) is 0 Å². The summed E-state index contributed by atoms with van der Waals surface area (Å²) in [5.74, 6) is 0.826.